The molecule has 2 rings (SSSR count). The molecule has 2 aromatic rings. The van der Waals surface area contributed by atoms with E-state index in [9.17, 15) is 0 Å². The molecule has 0 amide bonds. The number of rotatable bonds is 7. The van der Waals surface area contributed by atoms with Gasteiger partial charge in [0.1, 0.15) is 0 Å². The molecule has 0 fully saturated rings. The van der Waals surface area contributed by atoms with E-state index in [1.807, 2.05) is 85.9 Å². The first-order valence-electron chi connectivity index (χ1n) is 12.0. The van der Waals surface area contributed by atoms with Gasteiger partial charge in [0.25, 0.3) is 0 Å². The number of fused-ring (bicyclic) bond motifs is 1. The van der Waals surface area contributed by atoms with Crippen molar-refractivity contribution in [1.29, 1.82) is 0 Å². The predicted octanol–water partition coefficient (Wildman–Crippen LogP) is 10.4. The van der Waals surface area contributed by atoms with Gasteiger partial charge in [0, 0.05) is 29.2 Å². The van der Waals surface area contributed by atoms with E-state index in [1.165, 1.54) is 17.3 Å². The molecule has 0 radical (unpaired) electrons. The number of hydrogen-bond donors (Lipinski definition) is 0. The van der Waals surface area contributed by atoms with Crippen LogP contribution in [0.1, 0.15) is 85.9 Å². The van der Waals surface area contributed by atoms with E-state index in [-0.39, 0.29) is 0 Å². The summed E-state index contributed by atoms with van der Waals surface area (Å²) in [5.74, 6) is 0. The lowest BCUT2D eigenvalue weighted by molar-refractivity contribution is 0.953. The first-order chi connectivity index (χ1) is 15.2. The summed E-state index contributed by atoms with van der Waals surface area (Å²) in [5, 5.41) is 1.24. The third-order valence-corrected chi connectivity index (χ3v) is 3.93. The topological polar surface area (TPSA) is 4.93 Å². The third-order valence-electron chi connectivity index (χ3n) is 3.93. The minimum Gasteiger partial charge on any atom is -0.344 e. The second-order valence-corrected chi connectivity index (χ2v) is 5.69. The Morgan fingerprint density at radius 1 is 0.806 bits per heavy atom. The third kappa shape index (κ3) is 13.4. The Kier molecular flexibility index (Phi) is 27.2. The zero-order valence-electron chi connectivity index (χ0n) is 21.9. The quantitative estimate of drug-likeness (QED) is 0.237. The SMILES string of the molecule is C/C=C\C=C\CC/C=C/CC.C=Cc1c(C=C)n(C)c2ccccc12.CC.CC.CC. The van der Waals surface area contributed by atoms with Gasteiger partial charge in [-0.15, -0.1) is 0 Å². The molecule has 1 aromatic heterocycles. The molecule has 0 aliphatic rings. The number of benzene rings is 1. The Labute approximate surface area is 194 Å². The standard InChI is InChI=1S/C13H13N.C11H18.3C2H6/c1-4-10-11-8-6-7-9-13(11)14(3)12(10)5-2;1-3-5-7-9-11-10-8-6-4-2;3*1-2/h4-9H,1-2H2,3H3;3,5-9H,4,10-11H2,1-2H3;3*1-2H3/b;5-3-,8-6+,9-7+;;;. The molecule has 31 heavy (non-hydrogen) atoms. The zero-order valence-corrected chi connectivity index (χ0v) is 21.9. The molecule has 1 heterocycles. The number of unbranched alkanes of at least 4 members (excludes halogenated alkanes) is 1. The second-order valence-electron chi connectivity index (χ2n) is 5.69. The Morgan fingerprint density at radius 2 is 1.39 bits per heavy atom. The summed E-state index contributed by atoms with van der Waals surface area (Å²) in [6.45, 7) is 23.9. The highest BCUT2D eigenvalue weighted by atomic mass is 14.9. The smallest absolute Gasteiger partial charge is 0.0488 e. The fraction of sp³-hybridized carbons (Fsp3) is 0.400. The van der Waals surface area contributed by atoms with Gasteiger partial charge >= 0.3 is 0 Å². The highest BCUT2D eigenvalue weighted by Crippen LogP contribution is 2.26. The molecule has 1 heteroatoms. The van der Waals surface area contributed by atoms with Gasteiger partial charge in [-0.2, -0.15) is 0 Å². The van der Waals surface area contributed by atoms with Gasteiger partial charge in [0.05, 0.1) is 0 Å². The molecule has 0 bridgehead atoms. The van der Waals surface area contributed by atoms with E-state index in [2.05, 4.69) is 67.2 Å². The summed E-state index contributed by atoms with van der Waals surface area (Å²) in [6, 6.07) is 8.30. The number of allylic oxidation sites excluding steroid dienone is 6. The van der Waals surface area contributed by atoms with Crippen molar-refractivity contribution in [1.82, 2.24) is 4.57 Å². The van der Waals surface area contributed by atoms with Crippen LogP contribution < -0.4 is 0 Å². The average Bonchev–Trinajstić information content (AvgIpc) is 3.13. The number of aromatic nitrogens is 1. The summed E-state index contributed by atoms with van der Waals surface area (Å²) in [5.41, 5.74) is 3.51. The maximum Gasteiger partial charge on any atom is 0.0488 e. The van der Waals surface area contributed by atoms with Gasteiger partial charge in [-0.3, -0.25) is 0 Å². The largest absolute Gasteiger partial charge is 0.344 e. The van der Waals surface area contributed by atoms with Crippen LogP contribution in [0.25, 0.3) is 23.1 Å². The number of aryl methyl sites for hydroxylation is 1. The van der Waals surface area contributed by atoms with Crippen LogP contribution in [0.3, 0.4) is 0 Å². The van der Waals surface area contributed by atoms with Crippen molar-refractivity contribution in [3.63, 3.8) is 0 Å². The molecule has 0 aliphatic heterocycles. The lowest BCUT2D eigenvalue weighted by atomic mass is 10.1. The summed E-state index contributed by atoms with van der Waals surface area (Å²) in [6.07, 6.45) is 20.1. The van der Waals surface area contributed by atoms with Crippen molar-refractivity contribution in [2.75, 3.05) is 0 Å². The van der Waals surface area contributed by atoms with Gasteiger partial charge in [0.15, 0.2) is 0 Å². The Bertz CT molecular complexity index is 754. The van der Waals surface area contributed by atoms with E-state index in [4.69, 9.17) is 0 Å². The van der Waals surface area contributed by atoms with Crippen molar-refractivity contribution in [2.24, 2.45) is 7.05 Å². The molecule has 0 saturated heterocycles. The fourth-order valence-electron chi connectivity index (χ4n) is 2.67. The first-order valence-corrected chi connectivity index (χ1v) is 12.0. The summed E-state index contributed by atoms with van der Waals surface area (Å²) in [4.78, 5) is 0. The van der Waals surface area contributed by atoms with Crippen molar-refractivity contribution in [2.45, 2.75) is 74.7 Å². The highest BCUT2D eigenvalue weighted by Gasteiger charge is 2.08. The normalized spacial score (nSPS) is 9.71. The molecule has 0 atom stereocenters. The van der Waals surface area contributed by atoms with Crippen LogP contribution in [0.2, 0.25) is 0 Å². The molecule has 0 unspecified atom stereocenters. The molecule has 0 spiro atoms. The molecular formula is C30H49N. The minimum absolute atomic E-state index is 1.13. The van der Waals surface area contributed by atoms with Crippen LogP contribution in [-0.4, -0.2) is 4.57 Å². The lowest BCUT2D eigenvalue weighted by Crippen LogP contribution is -1.89. The van der Waals surface area contributed by atoms with Crippen molar-refractivity contribution >= 4 is 23.1 Å². The van der Waals surface area contributed by atoms with Crippen LogP contribution in [0.4, 0.5) is 0 Å². The fourth-order valence-corrected chi connectivity index (χ4v) is 2.67. The van der Waals surface area contributed by atoms with E-state index >= 15 is 0 Å². The van der Waals surface area contributed by atoms with E-state index in [0.29, 0.717) is 0 Å². The number of para-hydroxylation sites is 1. The van der Waals surface area contributed by atoms with Crippen molar-refractivity contribution in [3.05, 3.63) is 85.1 Å². The first kappa shape index (κ1) is 33.1. The van der Waals surface area contributed by atoms with Gasteiger partial charge in [-0.1, -0.05) is 122 Å². The summed E-state index contributed by atoms with van der Waals surface area (Å²) >= 11 is 0. The average molecular weight is 424 g/mol. The highest BCUT2D eigenvalue weighted by molar-refractivity contribution is 5.93. The maximum atomic E-state index is 3.84. The molecule has 0 aliphatic carbocycles. The van der Waals surface area contributed by atoms with E-state index in [1.54, 1.807) is 0 Å². The molecular weight excluding hydrogens is 374 g/mol. The minimum atomic E-state index is 1.13. The molecule has 0 N–H and O–H groups in total. The van der Waals surface area contributed by atoms with E-state index in [0.717, 1.165) is 24.1 Å². The summed E-state index contributed by atoms with van der Waals surface area (Å²) < 4.78 is 2.14. The molecule has 1 nitrogen and oxygen atoms in total. The summed E-state index contributed by atoms with van der Waals surface area (Å²) in [7, 11) is 2.05. The Balaban J connectivity index is -0.000000416. The van der Waals surface area contributed by atoms with Crippen LogP contribution in [0.5, 0.6) is 0 Å². The maximum absolute atomic E-state index is 3.84. The molecule has 1 aromatic carbocycles. The number of hydrogen-bond acceptors (Lipinski definition) is 0. The zero-order chi connectivity index (χ0) is 24.5. The predicted molar refractivity (Wildman–Crippen MR) is 150 cm³/mol. The number of nitrogens with zero attached hydrogens (tertiary/aromatic N) is 1. The monoisotopic (exact) mass is 423 g/mol. The van der Waals surface area contributed by atoms with E-state index < -0.39 is 0 Å². The lowest BCUT2D eigenvalue weighted by Gasteiger charge is -1.98. The van der Waals surface area contributed by atoms with Gasteiger partial charge < -0.3 is 4.57 Å². The second kappa shape index (κ2) is 25.5. The van der Waals surface area contributed by atoms with Crippen LogP contribution in [0, 0.1) is 0 Å². The molecule has 174 valence electrons. The molecule has 0 saturated carbocycles. The Hall–Kier alpha value is -2.54. The van der Waals surface area contributed by atoms with Crippen molar-refractivity contribution in [3.8, 4) is 0 Å². The van der Waals surface area contributed by atoms with Gasteiger partial charge in [-0.05, 0) is 38.3 Å². The van der Waals surface area contributed by atoms with Gasteiger partial charge in [-0.25, -0.2) is 0 Å². The van der Waals surface area contributed by atoms with Crippen molar-refractivity contribution < 1.29 is 0 Å². The van der Waals surface area contributed by atoms with Crippen LogP contribution >= 0.6 is 0 Å². The van der Waals surface area contributed by atoms with Gasteiger partial charge in [0.2, 0.25) is 0 Å². The van der Waals surface area contributed by atoms with Crippen LogP contribution in [0.15, 0.2) is 73.9 Å². The Morgan fingerprint density at radius 3 is 1.90 bits per heavy atom. The van der Waals surface area contributed by atoms with Crippen LogP contribution in [-0.2, 0) is 7.05 Å².